The fourth-order valence-corrected chi connectivity index (χ4v) is 3.17. The van der Waals surface area contributed by atoms with Crippen molar-refractivity contribution < 1.29 is 0 Å². The minimum absolute atomic E-state index is 0.181. The molecule has 0 aliphatic carbocycles. The molecular weight excluding hydrogens is 368 g/mol. The maximum absolute atomic E-state index is 12.8. The van der Waals surface area contributed by atoms with Gasteiger partial charge >= 0.3 is 0 Å². The summed E-state index contributed by atoms with van der Waals surface area (Å²) in [7, 11) is 1.83. The summed E-state index contributed by atoms with van der Waals surface area (Å²) in [6.45, 7) is 3.78. The molecule has 26 heavy (non-hydrogen) atoms. The van der Waals surface area contributed by atoms with Gasteiger partial charge in [-0.2, -0.15) is 5.10 Å². The number of hydrazone groups is 1. The van der Waals surface area contributed by atoms with Crippen LogP contribution in [0.15, 0.2) is 45.6 Å². The molecule has 0 atom stereocenters. The van der Waals surface area contributed by atoms with Crippen LogP contribution in [0.1, 0.15) is 16.4 Å². The van der Waals surface area contributed by atoms with Crippen LogP contribution in [0.5, 0.6) is 0 Å². The lowest BCUT2D eigenvalue weighted by atomic mass is 10.3. The van der Waals surface area contributed by atoms with Crippen molar-refractivity contribution in [2.24, 2.45) is 12.1 Å². The quantitative estimate of drug-likeness (QED) is 0.409. The maximum atomic E-state index is 12.8. The average molecular weight is 387 g/mol. The van der Waals surface area contributed by atoms with Crippen LogP contribution < -0.4 is 16.3 Å². The Morgan fingerprint density at radius 1 is 1.31 bits per heavy atom. The second-order valence-corrected chi connectivity index (χ2v) is 7.02. The van der Waals surface area contributed by atoms with Gasteiger partial charge in [0.2, 0.25) is 0 Å². The zero-order chi connectivity index (χ0) is 18.7. The monoisotopic (exact) mass is 386 g/mol. The predicted molar refractivity (Wildman–Crippen MR) is 110 cm³/mol. The molecule has 0 aliphatic rings. The van der Waals surface area contributed by atoms with E-state index in [4.69, 9.17) is 12.2 Å². The smallest absolute Gasteiger partial charge is 0.295 e. The van der Waals surface area contributed by atoms with E-state index >= 15 is 0 Å². The first kappa shape index (κ1) is 18.0. The number of thiocarbonyl (C=S) groups is 1. The Balaban J connectivity index is 1.77. The van der Waals surface area contributed by atoms with Gasteiger partial charge in [0.05, 0.1) is 28.3 Å². The van der Waals surface area contributed by atoms with Crippen LogP contribution in [0.3, 0.4) is 0 Å². The van der Waals surface area contributed by atoms with Gasteiger partial charge in [-0.1, -0.05) is 18.2 Å². The highest BCUT2D eigenvalue weighted by Crippen LogP contribution is 2.13. The van der Waals surface area contributed by atoms with Crippen molar-refractivity contribution in [3.05, 3.63) is 62.5 Å². The van der Waals surface area contributed by atoms with E-state index < -0.39 is 0 Å². The number of benzene rings is 1. The molecule has 134 valence electrons. The molecule has 2 N–H and O–H groups in total. The number of hydrogen-bond donors (Lipinski definition) is 2. The lowest BCUT2D eigenvalue weighted by Crippen LogP contribution is -2.28. The molecule has 3 rings (SSSR count). The Kier molecular flexibility index (Phi) is 5.29. The number of para-hydroxylation sites is 1. The second-order valence-electron chi connectivity index (χ2n) is 5.55. The van der Waals surface area contributed by atoms with E-state index in [0.717, 1.165) is 22.1 Å². The number of hydrogen-bond acceptors (Lipinski definition) is 5. The standard InChI is InChI=1S/C17H18N6OS2/c1-11-15(16(24)23(22(11)3)14-7-5-4-6-8-14)20-17(25)21-18-9-13-10-26-12(2)19-13/h4-10H,1-3H3,(H2,20,21,25)/b18-9-. The lowest BCUT2D eigenvalue weighted by molar-refractivity contribution is 0.630. The molecule has 0 amide bonds. The van der Waals surface area contributed by atoms with Gasteiger partial charge < -0.3 is 5.32 Å². The van der Waals surface area contributed by atoms with Crippen molar-refractivity contribution >= 4 is 40.6 Å². The van der Waals surface area contributed by atoms with Crippen molar-refractivity contribution in [1.82, 2.24) is 19.8 Å². The van der Waals surface area contributed by atoms with E-state index in [1.54, 1.807) is 26.9 Å². The molecule has 7 nitrogen and oxygen atoms in total. The van der Waals surface area contributed by atoms with Crippen LogP contribution in [-0.2, 0) is 7.05 Å². The fraction of sp³-hybridized carbons (Fsp3) is 0.176. The van der Waals surface area contributed by atoms with Crippen LogP contribution >= 0.6 is 23.6 Å². The third-order valence-electron chi connectivity index (χ3n) is 3.79. The number of rotatable bonds is 4. The van der Waals surface area contributed by atoms with Gasteiger partial charge in [-0.25, -0.2) is 9.67 Å². The third-order valence-corrected chi connectivity index (χ3v) is 4.78. The number of aryl methyl sites for hydroxylation is 1. The number of nitrogens with zero attached hydrogens (tertiary/aromatic N) is 4. The molecule has 0 radical (unpaired) electrons. The highest BCUT2D eigenvalue weighted by Gasteiger charge is 2.16. The van der Waals surface area contributed by atoms with Crippen LogP contribution in [0.4, 0.5) is 5.69 Å². The molecule has 9 heteroatoms. The van der Waals surface area contributed by atoms with E-state index in [1.165, 1.54) is 0 Å². The van der Waals surface area contributed by atoms with Crippen LogP contribution in [-0.4, -0.2) is 25.7 Å². The summed E-state index contributed by atoms with van der Waals surface area (Å²) in [5.74, 6) is 0. The van der Waals surface area contributed by atoms with Crippen LogP contribution in [0, 0.1) is 13.8 Å². The van der Waals surface area contributed by atoms with E-state index in [1.807, 2.05) is 56.6 Å². The van der Waals surface area contributed by atoms with E-state index in [2.05, 4.69) is 20.8 Å². The molecule has 0 saturated carbocycles. The number of aromatic nitrogens is 3. The zero-order valence-corrected chi connectivity index (χ0v) is 16.2. The van der Waals surface area contributed by atoms with E-state index in [-0.39, 0.29) is 10.7 Å². The van der Waals surface area contributed by atoms with Crippen molar-refractivity contribution in [2.45, 2.75) is 13.8 Å². The van der Waals surface area contributed by atoms with Gasteiger partial charge in [-0.15, -0.1) is 11.3 Å². The summed E-state index contributed by atoms with van der Waals surface area (Å²) < 4.78 is 3.37. The van der Waals surface area contributed by atoms with Crippen molar-refractivity contribution in [3.63, 3.8) is 0 Å². The SMILES string of the molecule is Cc1nc(/C=N\NC(=S)Nc2c(C)n(C)n(-c3ccccc3)c2=O)cs1. The molecule has 0 aliphatic heterocycles. The Labute approximate surface area is 160 Å². The number of thiazole rings is 1. The first-order valence-corrected chi connectivity index (χ1v) is 9.12. The lowest BCUT2D eigenvalue weighted by Gasteiger charge is -2.07. The minimum atomic E-state index is -0.181. The Bertz CT molecular complexity index is 1020. The maximum Gasteiger partial charge on any atom is 0.295 e. The third kappa shape index (κ3) is 3.73. The van der Waals surface area contributed by atoms with Crippen molar-refractivity contribution in [2.75, 3.05) is 5.32 Å². The number of anilines is 1. The summed E-state index contributed by atoms with van der Waals surface area (Å²) in [6, 6.07) is 9.43. The van der Waals surface area contributed by atoms with E-state index in [0.29, 0.717) is 5.69 Å². The number of nitrogens with one attached hydrogen (secondary N) is 2. The van der Waals surface area contributed by atoms with E-state index in [9.17, 15) is 4.79 Å². The van der Waals surface area contributed by atoms with Gasteiger partial charge in [-0.3, -0.25) is 14.9 Å². The molecule has 0 saturated heterocycles. The van der Waals surface area contributed by atoms with Gasteiger partial charge in [0, 0.05) is 12.4 Å². The Morgan fingerprint density at radius 3 is 2.69 bits per heavy atom. The van der Waals surface area contributed by atoms with Crippen LogP contribution in [0.2, 0.25) is 0 Å². The molecule has 3 aromatic rings. The van der Waals surface area contributed by atoms with Gasteiger partial charge in [0.1, 0.15) is 5.69 Å². The summed E-state index contributed by atoms with van der Waals surface area (Å²) in [4.78, 5) is 17.1. The largest absolute Gasteiger partial charge is 0.325 e. The first-order valence-electron chi connectivity index (χ1n) is 7.83. The summed E-state index contributed by atoms with van der Waals surface area (Å²) in [5.41, 5.74) is 5.24. The van der Waals surface area contributed by atoms with Gasteiger partial charge in [0.25, 0.3) is 5.56 Å². The normalized spacial score (nSPS) is 11.0. The predicted octanol–water partition coefficient (Wildman–Crippen LogP) is 2.57. The fourth-order valence-electron chi connectivity index (χ4n) is 2.45. The molecule has 0 fully saturated rings. The molecule has 0 bridgehead atoms. The molecule has 2 aromatic heterocycles. The molecule has 0 spiro atoms. The van der Waals surface area contributed by atoms with Crippen LogP contribution in [0.25, 0.3) is 5.69 Å². The molecule has 2 heterocycles. The van der Waals surface area contributed by atoms with Gasteiger partial charge in [0.15, 0.2) is 5.11 Å². The van der Waals surface area contributed by atoms with Crippen molar-refractivity contribution in [3.8, 4) is 5.69 Å². The highest BCUT2D eigenvalue weighted by molar-refractivity contribution is 7.80. The minimum Gasteiger partial charge on any atom is -0.325 e. The molecule has 1 aromatic carbocycles. The molecule has 0 unspecified atom stereocenters. The Hall–Kier alpha value is -2.78. The summed E-state index contributed by atoms with van der Waals surface area (Å²) in [6.07, 6.45) is 1.58. The highest BCUT2D eigenvalue weighted by atomic mass is 32.1. The summed E-state index contributed by atoms with van der Waals surface area (Å²) >= 11 is 6.78. The average Bonchev–Trinajstić information content (AvgIpc) is 3.13. The zero-order valence-electron chi connectivity index (χ0n) is 14.6. The topological polar surface area (TPSA) is 76.2 Å². The second kappa shape index (κ2) is 7.63. The Morgan fingerprint density at radius 2 is 2.04 bits per heavy atom. The van der Waals surface area contributed by atoms with Gasteiger partial charge in [-0.05, 0) is 38.2 Å². The van der Waals surface area contributed by atoms with Crippen molar-refractivity contribution in [1.29, 1.82) is 0 Å². The summed E-state index contributed by atoms with van der Waals surface area (Å²) in [5, 5.41) is 10.1. The molecular formula is C17H18N6OS2. The first-order chi connectivity index (χ1) is 12.5.